The van der Waals surface area contributed by atoms with Crippen LogP contribution in [-0.2, 0) is 6.54 Å². The van der Waals surface area contributed by atoms with Crippen molar-refractivity contribution >= 4 is 0 Å². The molecule has 4 rings (SSSR count). The smallest absolute Gasteiger partial charge is 0.118 e. The third kappa shape index (κ3) is 3.47. The number of benzene rings is 1. The molecule has 3 fully saturated rings. The second-order valence-corrected chi connectivity index (χ2v) is 9.18. The molecule has 0 saturated heterocycles. The van der Waals surface area contributed by atoms with E-state index in [9.17, 15) is 0 Å². The SMILES string of the molecule is CCCC(C)N(Cc1ccc(OC)cc1)[C@@H]1C[C@@H]2C[C@H]([C@H]1C)C2(C)C. The topological polar surface area (TPSA) is 12.5 Å². The van der Waals surface area contributed by atoms with Crippen molar-refractivity contribution in [2.24, 2.45) is 23.2 Å². The molecular formula is C23H37NO. The van der Waals surface area contributed by atoms with Crippen molar-refractivity contribution in [2.45, 2.75) is 78.9 Å². The highest BCUT2D eigenvalue weighted by molar-refractivity contribution is 5.27. The van der Waals surface area contributed by atoms with E-state index < -0.39 is 0 Å². The molecule has 25 heavy (non-hydrogen) atoms. The fourth-order valence-corrected chi connectivity index (χ4v) is 5.69. The van der Waals surface area contributed by atoms with Crippen LogP contribution >= 0.6 is 0 Å². The summed E-state index contributed by atoms with van der Waals surface area (Å²) in [5, 5.41) is 0. The molecule has 3 saturated carbocycles. The third-order valence-electron chi connectivity index (χ3n) is 7.54. The van der Waals surface area contributed by atoms with Gasteiger partial charge in [0, 0.05) is 18.6 Å². The van der Waals surface area contributed by atoms with Crippen LogP contribution in [-0.4, -0.2) is 24.1 Å². The number of fused-ring (bicyclic) bond motifs is 2. The van der Waals surface area contributed by atoms with Crippen LogP contribution in [0.4, 0.5) is 0 Å². The quantitative estimate of drug-likeness (QED) is 0.624. The van der Waals surface area contributed by atoms with Crippen molar-refractivity contribution < 1.29 is 4.74 Å². The van der Waals surface area contributed by atoms with E-state index >= 15 is 0 Å². The summed E-state index contributed by atoms with van der Waals surface area (Å²) < 4.78 is 5.32. The molecule has 0 spiro atoms. The Hall–Kier alpha value is -1.02. The normalized spacial score (nSPS) is 31.5. The van der Waals surface area contributed by atoms with E-state index in [1.165, 1.54) is 31.2 Å². The fourth-order valence-electron chi connectivity index (χ4n) is 5.69. The number of methoxy groups -OCH3 is 1. The lowest BCUT2D eigenvalue weighted by atomic mass is 9.44. The van der Waals surface area contributed by atoms with Crippen molar-refractivity contribution in [3.05, 3.63) is 29.8 Å². The molecule has 3 aliphatic rings. The first-order valence-corrected chi connectivity index (χ1v) is 10.3. The Morgan fingerprint density at radius 1 is 1.20 bits per heavy atom. The summed E-state index contributed by atoms with van der Waals surface area (Å²) in [6.45, 7) is 13.3. The van der Waals surface area contributed by atoms with Gasteiger partial charge in [-0.2, -0.15) is 0 Å². The highest BCUT2D eigenvalue weighted by Crippen LogP contribution is 2.62. The molecule has 1 aromatic carbocycles. The van der Waals surface area contributed by atoms with Crippen LogP contribution in [0.2, 0.25) is 0 Å². The minimum Gasteiger partial charge on any atom is -0.497 e. The van der Waals surface area contributed by atoms with Crippen molar-refractivity contribution in [1.29, 1.82) is 0 Å². The van der Waals surface area contributed by atoms with Gasteiger partial charge in [-0.1, -0.05) is 46.2 Å². The zero-order chi connectivity index (χ0) is 18.2. The zero-order valence-corrected chi connectivity index (χ0v) is 17.1. The molecular weight excluding hydrogens is 306 g/mol. The Labute approximate surface area is 154 Å². The molecule has 0 N–H and O–H groups in total. The summed E-state index contributed by atoms with van der Waals surface area (Å²) in [5.74, 6) is 3.58. The number of rotatable bonds is 7. The molecule has 0 amide bonds. The molecule has 1 unspecified atom stereocenters. The van der Waals surface area contributed by atoms with Crippen LogP contribution < -0.4 is 4.74 Å². The van der Waals surface area contributed by atoms with Crippen molar-refractivity contribution in [1.82, 2.24) is 4.90 Å². The molecule has 2 nitrogen and oxygen atoms in total. The maximum atomic E-state index is 5.32. The molecule has 0 radical (unpaired) electrons. The predicted octanol–water partition coefficient (Wildman–Crippen LogP) is 5.76. The number of hydrogen-bond donors (Lipinski definition) is 0. The van der Waals surface area contributed by atoms with E-state index in [0.29, 0.717) is 11.5 Å². The Bertz CT molecular complexity index is 564. The van der Waals surface area contributed by atoms with Crippen molar-refractivity contribution in [3.63, 3.8) is 0 Å². The first kappa shape index (κ1) is 18.8. The zero-order valence-electron chi connectivity index (χ0n) is 17.1. The highest BCUT2D eigenvalue weighted by Gasteiger charge is 2.57. The van der Waals surface area contributed by atoms with Crippen LogP contribution in [0.3, 0.4) is 0 Å². The molecule has 2 bridgehead atoms. The lowest BCUT2D eigenvalue weighted by molar-refractivity contribution is -0.145. The maximum absolute atomic E-state index is 5.32. The standard InChI is InChI=1S/C23H37NO/c1-7-8-16(2)24(15-18-9-11-20(25-6)12-10-18)22-14-19-13-21(17(22)3)23(19,4)5/h9-12,16-17,19,21-22H,7-8,13-15H2,1-6H3/t16?,17-,19+,21-,22-/m1/s1. The predicted molar refractivity (Wildman–Crippen MR) is 106 cm³/mol. The van der Waals surface area contributed by atoms with Gasteiger partial charge in [0.1, 0.15) is 5.75 Å². The first-order valence-electron chi connectivity index (χ1n) is 10.3. The number of nitrogens with zero attached hydrogens (tertiary/aromatic N) is 1. The van der Waals surface area contributed by atoms with Crippen LogP contribution in [0.5, 0.6) is 5.75 Å². The van der Waals surface area contributed by atoms with E-state index in [-0.39, 0.29) is 0 Å². The molecule has 3 aliphatic carbocycles. The minimum absolute atomic E-state index is 0.565. The van der Waals surface area contributed by atoms with Crippen LogP contribution in [0.1, 0.15) is 65.9 Å². The maximum Gasteiger partial charge on any atom is 0.118 e. The molecule has 0 aliphatic heterocycles. The second-order valence-electron chi connectivity index (χ2n) is 9.18. The van der Waals surface area contributed by atoms with E-state index in [0.717, 1.165) is 36.1 Å². The fraction of sp³-hybridized carbons (Fsp3) is 0.739. The van der Waals surface area contributed by atoms with Gasteiger partial charge in [-0.3, -0.25) is 4.90 Å². The molecule has 0 heterocycles. The number of ether oxygens (including phenoxy) is 1. The summed E-state index contributed by atoms with van der Waals surface area (Å²) >= 11 is 0. The monoisotopic (exact) mass is 343 g/mol. The van der Waals surface area contributed by atoms with Gasteiger partial charge in [0.2, 0.25) is 0 Å². The van der Waals surface area contributed by atoms with E-state index in [2.05, 4.69) is 63.8 Å². The van der Waals surface area contributed by atoms with Crippen LogP contribution in [0, 0.1) is 23.2 Å². The van der Waals surface area contributed by atoms with Crippen LogP contribution in [0.25, 0.3) is 0 Å². The Morgan fingerprint density at radius 3 is 2.40 bits per heavy atom. The lowest BCUT2D eigenvalue weighted by Gasteiger charge is -2.64. The third-order valence-corrected chi connectivity index (χ3v) is 7.54. The summed E-state index contributed by atoms with van der Waals surface area (Å²) in [6.07, 6.45) is 5.40. The van der Waals surface area contributed by atoms with Gasteiger partial charge in [-0.15, -0.1) is 0 Å². The van der Waals surface area contributed by atoms with E-state index in [1.807, 2.05) is 0 Å². The minimum atomic E-state index is 0.565. The van der Waals surface area contributed by atoms with Crippen molar-refractivity contribution in [3.8, 4) is 5.75 Å². The van der Waals surface area contributed by atoms with Gasteiger partial charge in [0.05, 0.1) is 7.11 Å². The lowest BCUT2D eigenvalue weighted by Crippen LogP contribution is -2.61. The van der Waals surface area contributed by atoms with Gasteiger partial charge in [-0.05, 0) is 67.1 Å². The van der Waals surface area contributed by atoms with E-state index in [1.54, 1.807) is 7.11 Å². The van der Waals surface area contributed by atoms with Gasteiger partial charge in [-0.25, -0.2) is 0 Å². The summed E-state index contributed by atoms with van der Waals surface area (Å²) in [5.41, 5.74) is 1.98. The van der Waals surface area contributed by atoms with Gasteiger partial charge in [0.25, 0.3) is 0 Å². The Morgan fingerprint density at radius 2 is 1.88 bits per heavy atom. The molecule has 0 aromatic heterocycles. The average molecular weight is 344 g/mol. The first-order chi connectivity index (χ1) is 11.9. The molecule has 140 valence electrons. The highest BCUT2D eigenvalue weighted by atomic mass is 16.5. The Balaban J connectivity index is 1.78. The summed E-state index contributed by atoms with van der Waals surface area (Å²) in [4.78, 5) is 2.82. The largest absolute Gasteiger partial charge is 0.497 e. The number of hydrogen-bond acceptors (Lipinski definition) is 2. The van der Waals surface area contributed by atoms with E-state index in [4.69, 9.17) is 4.74 Å². The Kier molecular flexibility index (Phi) is 5.48. The second kappa shape index (κ2) is 7.31. The van der Waals surface area contributed by atoms with Gasteiger partial charge >= 0.3 is 0 Å². The van der Waals surface area contributed by atoms with Gasteiger partial charge < -0.3 is 4.74 Å². The van der Waals surface area contributed by atoms with Crippen molar-refractivity contribution in [2.75, 3.05) is 7.11 Å². The van der Waals surface area contributed by atoms with Crippen LogP contribution in [0.15, 0.2) is 24.3 Å². The average Bonchev–Trinajstić information content (AvgIpc) is 2.60. The summed E-state index contributed by atoms with van der Waals surface area (Å²) in [6, 6.07) is 10.1. The molecule has 2 heteroatoms. The van der Waals surface area contributed by atoms with Gasteiger partial charge in [0.15, 0.2) is 0 Å². The molecule has 5 atom stereocenters. The molecule has 1 aromatic rings. The summed E-state index contributed by atoms with van der Waals surface area (Å²) in [7, 11) is 1.74.